The zero-order valence-corrected chi connectivity index (χ0v) is 9.63. The monoisotopic (exact) mass is 207 g/mol. The number of nitrogens with zero attached hydrogens (tertiary/aromatic N) is 1. The average molecular weight is 207 g/mol. The Kier molecular flexibility index (Phi) is 2.77. The first-order chi connectivity index (χ1) is 7.16. The van der Waals surface area contributed by atoms with Gasteiger partial charge >= 0.3 is 0 Å². The van der Waals surface area contributed by atoms with E-state index in [1.54, 1.807) is 0 Å². The Morgan fingerprint density at radius 2 is 1.87 bits per heavy atom. The molecule has 0 amide bonds. The molecule has 0 spiro atoms. The lowest BCUT2D eigenvalue weighted by molar-refractivity contribution is -0.123. The molecule has 0 aromatic rings. The predicted molar refractivity (Wildman–Crippen MR) is 59.1 cm³/mol. The maximum Gasteiger partial charge on any atom is 0.0860 e. The summed E-state index contributed by atoms with van der Waals surface area (Å²) in [5, 5.41) is 19.9. The topological polar surface area (TPSA) is 44.0 Å². The minimum atomic E-state index is -0.661. The van der Waals surface area contributed by atoms with Crippen LogP contribution in [0.1, 0.15) is 58.3 Å². The first-order valence-electron chi connectivity index (χ1n) is 6.29. The van der Waals surface area contributed by atoms with E-state index in [-0.39, 0.29) is 5.41 Å². The highest BCUT2D eigenvalue weighted by atomic mass is 16.3. The Labute approximate surface area is 92.3 Å². The third-order valence-electron chi connectivity index (χ3n) is 4.82. The largest absolute Gasteiger partial charge is 0.388 e. The van der Waals surface area contributed by atoms with Crippen LogP contribution in [0, 0.1) is 22.7 Å². The summed E-state index contributed by atoms with van der Waals surface area (Å²) in [6.07, 6.45) is 8.07. The van der Waals surface area contributed by atoms with Crippen molar-refractivity contribution in [3.05, 3.63) is 0 Å². The van der Waals surface area contributed by atoms with Gasteiger partial charge in [-0.2, -0.15) is 5.26 Å². The quantitative estimate of drug-likeness (QED) is 0.756. The molecule has 2 saturated carbocycles. The summed E-state index contributed by atoms with van der Waals surface area (Å²) >= 11 is 0. The molecule has 2 aliphatic carbocycles. The van der Waals surface area contributed by atoms with Crippen LogP contribution in [0.3, 0.4) is 0 Å². The predicted octanol–water partition coefficient (Wildman–Crippen LogP) is 3.01. The summed E-state index contributed by atoms with van der Waals surface area (Å²) < 4.78 is 0. The van der Waals surface area contributed by atoms with Crippen molar-refractivity contribution < 1.29 is 5.11 Å². The molecule has 0 aromatic heterocycles. The lowest BCUT2D eigenvalue weighted by Gasteiger charge is -2.51. The van der Waals surface area contributed by atoms with Crippen LogP contribution in [0.2, 0.25) is 0 Å². The molecule has 0 radical (unpaired) electrons. The SMILES string of the molecule is CCC1CCC(O)(C2(C#N)CCC2)CC1. The van der Waals surface area contributed by atoms with E-state index in [0.717, 1.165) is 50.9 Å². The van der Waals surface area contributed by atoms with Gasteiger partial charge in [-0.05, 0) is 44.4 Å². The third-order valence-corrected chi connectivity index (χ3v) is 4.82. The average Bonchev–Trinajstić information content (AvgIpc) is 2.18. The van der Waals surface area contributed by atoms with Gasteiger partial charge in [0.2, 0.25) is 0 Å². The molecule has 0 aliphatic heterocycles. The lowest BCUT2D eigenvalue weighted by Crippen LogP contribution is -2.53. The van der Waals surface area contributed by atoms with Crippen LogP contribution in [0.5, 0.6) is 0 Å². The van der Waals surface area contributed by atoms with E-state index < -0.39 is 5.60 Å². The molecule has 1 N–H and O–H groups in total. The minimum Gasteiger partial charge on any atom is -0.388 e. The molecule has 0 bridgehead atoms. The molecule has 0 unspecified atom stereocenters. The van der Waals surface area contributed by atoms with Crippen molar-refractivity contribution in [3.63, 3.8) is 0 Å². The molecule has 0 aromatic carbocycles. The molecule has 2 aliphatic rings. The third kappa shape index (κ3) is 1.58. The minimum absolute atomic E-state index is 0.383. The van der Waals surface area contributed by atoms with Crippen molar-refractivity contribution in [1.82, 2.24) is 0 Å². The van der Waals surface area contributed by atoms with Crippen LogP contribution in [0.25, 0.3) is 0 Å². The summed E-state index contributed by atoms with van der Waals surface area (Å²) in [7, 11) is 0. The molecule has 2 nitrogen and oxygen atoms in total. The van der Waals surface area contributed by atoms with Crippen LogP contribution >= 0.6 is 0 Å². The van der Waals surface area contributed by atoms with Crippen LogP contribution in [-0.2, 0) is 0 Å². The highest BCUT2D eigenvalue weighted by Gasteiger charge is 2.55. The summed E-state index contributed by atoms with van der Waals surface area (Å²) in [6, 6.07) is 2.41. The number of aliphatic hydroxyl groups is 1. The smallest absolute Gasteiger partial charge is 0.0860 e. The fourth-order valence-electron chi connectivity index (χ4n) is 3.25. The van der Waals surface area contributed by atoms with E-state index in [0.29, 0.717) is 0 Å². The highest BCUT2D eigenvalue weighted by Crippen LogP contribution is 2.54. The Morgan fingerprint density at radius 1 is 1.27 bits per heavy atom. The van der Waals surface area contributed by atoms with Gasteiger partial charge in [-0.1, -0.05) is 19.8 Å². The van der Waals surface area contributed by atoms with Gasteiger partial charge in [-0.3, -0.25) is 0 Å². The lowest BCUT2D eigenvalue weighted by atomic mass is 9.55. The zero-order valence-electron chi connectivity index (χ0n) is 9.63. The van der Waals surface area contributed by atoms with Crippen molar-refractivity contribution in [2.45, 2.75) is 63.9 Å². The maximum atomic E-state index is 10.6. The van der Waals surface area contributed by atoms with Gasteiger partial charge in [0, 0.05) is 0 Å². The number of nitriles is 1. The second kappa shape index (κ2) is 3.79. The molecular weight excluding hydrogens is 186 g/mol. The van der Waals surface area contributed by atoms with Gasteiger partial charge < -0.3 is 5.11 Å². The summed E-state index contributed by atoms with van der Waals surface area (Å²) in [5.41, 5.74) is -1.04. The van der Waals surface area contributed by atoms with Gasteiger partial charge in [-0.25, -0.2) is 0 Å². The normalized spacial score (nSPS) is 39.1. The van der Waals surface area contributed by atoms with Gasteiger partial charge in [0.25, 0.3) is 0 Å². The molecule has 2 fully saturated rings. The fraction of sp³-hybridized carbons (Fsp3) is 0.923. The molecule has 0 saturated heterocycles. The van der Waals surface area contributed by atoms with E-state index in [2.05, 4.69) is 13.0 Å². The van der Waals surface area contributed by atoms with Crippen LogP contribution in [-0.4, -0.2) is 10.7 Å². The number of hydrogen-bond donors (Lipinski definition) is 1. The first-order valence-corrected chi connectivity index (χ1v) is 6.29. The van der Waals surface area contributed by atoms with E-state index in [9.17, 15) is 10.4 Å². The van der Waals surface area contributed by atoms with Gasteiger partial charge in [-0.15, -0.1) is 0 Å². The van der Waals surface area contributed by atoms with Crippen molar-refractivity contribution in [2.75, 3.05) is 0 Å². The molecule has 0 heterocycles. The maximum absolute atomic E-state index is 10.6. The number of rotatable bonds is 2. The highest BCUT2D eigenvalue weighted by molar-refractivity contribution is 5.16. The fourth-order valence-corrected chi connectivity index (χ4v) is 3.25. The molecule has 0 atom stereocenters. The Hall–Kier alpha value is -0.550. The second-order valence-corrected chi connectivity index (χ2v) is 5.43. The van der Waals surface area contributed by atoms with Crippen molar-refractivity contribution >= 4 is 0 Å². The molecular formula is C13H21NO. The Balaban J connectivity index is 2.06. The Morgan fingerprint density at radius 3 is 2.20 bits per heavy atom. The molecule has 15 heavy (non-hydrogen) atoms. The molecule has 84 valence electrons. The van der Waals surface area contributed by atoms with Crippen molar-refractivity contribution in [1.29, 1.82) is 5.26 Å². The van der Waals surface area contributed by atoms with E-state index in [1.165, 1.54) is 6.42 Å². The summed E-state index contributed by atoms with van der Waals surface area (Å²) in [4.78, 5) is 0. The van der Waals surface area contributed by atoms with Gasteiger partial charge in [0.05, 0.1) is 17.1 Å². The molecule has 2 heteroatoms. The van der Waals surface area contributed by atoms with Crippen LogP contribution < -0.4 is 0 Å². The van der Waals surface area contributed by atoms with Crippen molar-refractivity contribution in [3.8, 4) is 6.07 Å². The second-order valence-electron chi connectivity index (χ2n) is 5.43. The van der Waals surface area contributed by atoms with E-state index in [1.807, 2.05) is 0 Å². The van der Waals surface area contributed by atoms with Crippen molar-refractivity contribution in [2.24, 2.45) is 11.3 Å². The van der Waals surface area contributed by atoms with Crippen LogP contribution in [0.4, 0.5) is 0 Å². The summed E-state index contributed by atoms with van der Waals surface area (Å²) in [6.45, 7) is 2.22. The van der Waals surface area contributed by atoms with Crippen LogP contribution in [0.15, 0.2) is 0 Å². The number of hydrogen-bond acceptors (Lipinski definition) is 2. The summed E-state index contributed by atoms with van der Waals surface area (Å²) in [5.74, 6) is 0.779. The standard InChI is InChI=1S/C13H21NO/c1-2-11-4-8-13(15,9-5-11)12(10-14)6-3-7-12/h11,15H,2-9H2,1H3. The van der Waals surface area contributed by atoms with E-state index >= 15 is 0 Å². The van der Waals surface area contributed by atoms with E-state index in [4.69, 9.17) is 0 Å². The first kappa shape index (κ1) is 11.0. The van der Waals surface area contributed by atoms with Gasteiger partial charge in [0.15, 0.2) is 0 Å². The van der Waals surface area contributed by atoms with Gasteiger partial charge in [0.1, 0.15) is 0 Å². The Bertz CT molecular complexity index is 267. The molecule has 2 rings (SSSR count). The zero-order chi connectivity index (χ0) is 10.9.